The zero-order valence-electron chi connectivity index (χ0n) is 15.9. The van der Waals surface area contributed by atoms with Crippen LogP contribution in [0.25, 0.3) is 5.76 Å². The number of carbonyl (C=O) groups excluding carboxylic acids is 2. The highest BCUT2D eigenvalue weighted by atomic mass is 16.3. The molecule has 2 aromatic heterocycles. The van der Waals surface area contributed by atoms with Gasteiger partial charge < -0.3 is 14.9 Å². The Labute approximate surface area is 157 Å². The molecule has 1 saturated heterocycles. The predicted octanol–water partition coefficient (Wildman–Crippen LogP) is 1.40. The molecule has 0 aliphatic carbocycles. The number of hydrogen-bond acceptors (Lipinski definition) is 6. The molecule has 2 N–H and O–H groups in total. The Morgan fingerprint density at radius 2 is 2.07 bits per heavy atom. The first-order valence-corrected chi connectivity index (χ1v) is 8.68. The smallest absolute Gasteiger partial charge is 0.295 e. The van der Waals surface area contributed by atoms with E-state index >= 15 is 0 Å². The number of H-pyrrole nitrogens is 1. The lowest BCUT2D eigenvalue weighted by Gasteiger charge is -2.26. The van der Waals surface area contributed by atoms with Gasteiger partial charge in [-0.2, -0.15) is 5.10 Å². The molecule has 0 radical (unpaired) electrons. The maximum atomic E-state index is 12.8. The molecule has 1 amide bonds. The van der Waals surface area contributed by atoms with E-state index in [9.17, 15) is 14.7 Å². The molecule has 3 heterocycles. The van der Waals surface area contributed by atoms with Gasteiger partial charge in [0.2, 0.25) is 0 Å². The highest BCUT2D eigenvalue weighted by molar-refractivity contribution is 6.46. The van der Waals surface area contributed by atoms with Crippen molar-refractivity contribution in [2.45, 2.75) is 19.9 Å². The van der Waals surface area contributed by atoms with Gasteiger partial charge in [0.15, 0.2) is 0 Å². The number of hydrogen-bond donors (Lipinski definition) is 2. The molecule has 1 atom stereocenters. The summed E-state index contributed by atoms with van der Waals surface area (Å²) in [7, 11) is 3.79. The number of pyridine rings is 1. The fourth-order valence-corrected chi connectivity index (χ4v) is 3.34. The van der Waals surface area contributed by atoms with E-state index in [4.69, 9.17) is 0 Å². The Kier molecular flexibility index (Phi) is 5.09. The monoisotopic (exact) mass is 369 g/mol. The molecular weight excluding hydrogens is 346 g/mol. The molecule has 0 saturated carbocycles. The van der Waals surface area contributed by atoms with E-state index in [0.717, 1.165) is 0 Å². The summed E-state index contributed by atoms with van der Waals surface area (Å²) in [6.45, 7) is 4.45. The molecule has 1 fully saturated rings. The van der Waals surface area contributed by atoms with Crippen molar-refractivity contribution < 1.29 is 14.7 Å². The maximum absolute atomic E-state index is 12.8. The Balaban J connectivity index is 2.17. The topological polar surface area (TPSA) is 102 Å². The van der Waals surface area contributed by atoms with Crippen LogP contribution in [-0.2, 0) is 9.59 Å². The van der Waals surface area contributed by atoms with E-state index in [1.54, 1.807) is 38.4 Å². The Morgan fingerprint density at radius 3 is 2.63 bits per heavy atom. The van der Waals surface area contributed by atoms with E-state index < -0.39 is 17.7 Å². The van der Waals surface area contributed by atoms with Crippen molar-refractivity contribution >= 4 is 17.4 Å². The van der Waals surface area contributed by atoms with Crippen LogP contribution in [0.4, 0.5) is 0 Å². The van der Waals surface area contributed by atoms with E-state index in [1.165, 1.54) is 4.90 Å². The number of Topliss-reactive ketones (excluding diaryl/α,β-unsaturated/α-hetero) is 1. The first-order chi connectivity index (χ1) is 12.8. The number of aryl methyl sites for hydroxylation is 2. The van der Waals surface area contributed by atoms with Gasteiger partial charge in [-0.15, -0.1) is 0 Å². The predicted molar refractivity (Wildman–Crippen MR) is 99.9 cm³/mol. The highest BCUT2D eigenvalue weighted by Crippen LogP contribution is 2.39. The number of aliphatic hydroxyl groups is 1. The Hall–Kier alpha value is -3.00. The van der Waals surface area contributed by atoms with Crippen molar-refractivity contribution in [2.75, 3.05) is 27.2 Å². The Morgan fingerprint density at radius 1 is 1.33 bits per heavy atom. The summed E-state index contributed by atoms with van der Waals surface area (Å²) < 4.78 is 0. The molecule has 1 aliphatic rings. The first kappa shape index (κ1) is 18.8. The van der Waals surface area contributed by atoms with Gasteiger partial charge in [-0.3, -0.25) is 19.7 Å². The second-order valence-corrected chi connectivity index (χ2v) is 6.89. The van der Waals surface area contributed by atoms with Crippen molar-refractivity contribution in [1.82, 2.24) is 25.0 Å². The van der Waals surface area contributed by atoms with Crippen molar-refractivity contribution in [2.24, 2.45) is 0 Å². The van der Waals surface area contributed by atoms with Crippen LogP contribution < -0.4 is 0 Å². The summed E-state index contributed by atoms with van der Waals surface area (Å²) in [5, 5.41) is 17.9. The van der Waals surface area contributed by atoms with Crippen molar-refractivity contribution in [3.05, 3.63) is 52.6 Å². The number of aliphatic hydroxyl groups excluding tert-OH is 1. The van der Waals surface area contributed by atoms with Gasteiger partial charge in [-0.1, -0.05) is 6.07 Å². The molecular formula is C19H23N5O3. The fraction of sp³-hybridized carbons (Fsp3) is 0.368. The maximum Gasteiger partial charge on any atom is 0.295 e. The molecule has 2 aromatic rings. The summed E-state index contributed by atoms with van der Waals surface area (Å²) in [6, 6.07) is 2.86. The number of likely N-dealkylation sites (tertiary alicyclic amines) is 1. The lowest BCUT2D eigenvalue weighted by molar-refractivity contribution is -0.140. The standard InChI is InChI=1S/C19H23N5O3/c1-11-14(12(2)22-21-11)17(25)15-16(13-6-5-7-20-10-13)24(9-8-23(3)4)19(27)18(15)26/h5-7,10,16,25H,8-9H2,1-4H3,(H,21,22)/b17-15+. The molecule has 1 unspecified atom stereocenters. The number of nitrogens with zero attached hydrogens (tertiary/aromatic N) is 4. The summed E-state index contributed by atoms with van der Waals surface area (Å²) >= 11 is 0. The summed E-state index contributed by atoms with van der Waals surface area (Å²) in [5.74, 6) is -1.52. The molecule has 142 valence electrons. The zero-order valence-corrected chi connectivity index (χ0v) is 15.9. The third kappa shape index (κ3) is 3.35. The third-order valence-electron chi connectivity index (χ3n) is 4.69. The van der Waals surface area contributed by atoms with Gasteiger partial charge in [-0.05, 0) is 39.6 Å². The van der Waals surface area contributed by atoms with E-state index in [1.807, 2.05) is 19.0 Å². The van der Waals surface area contributed by atoms with E-state index in [0.29, 0.717) is 35.6 Å². The van der Waals surface area contributed by atoms with Gasteiger partial charge in [-0.25, -0.2) is 0 Å². The average Bonchev–Trinajstić information content (AvgIpc) is 3.10. The first-order valence-electron chi connectivity index (χ1n) is 8.68. The van der Waals surface area contributed by atoms with Gasteiger partial charge >= 0.3 is 0 Å². The van der Waals surface area contributed by atoms with Crippen LogP contribution in [0.15, 0.2) is 30.1 Å². The highest BCUT2D eigenvalue weighted by Gasteiger charge is 2.46. The van der Waals surface area contributed by atoms with Gasteiger partial charge in [0.25, 0.3) is 11.7 Å². The van der Waals surface area contributed by atoms with Crippen LogP contribution in [0, 0.1) is 13.8 Å². The SMILES string of the molecule is Cc1n[nH]c(C)c1/C(O)=C1\C(=O)C(=O)N(CCN(C)C)C1c1cccnc1. The number of likely N-dealkylation sites (N-methyl/N-ethyl adjacent to an activating group) is 1. The van der Waals surface area contributed by atoms with Gasteiger partial charge in [0.05, 0.1) is 22.9 Å². The van der Waals surface area contributed by atoms with Crippen molar-refractivity contribution in [3.8, 4) is 0 Å². The zero-order chi connectivity index (χ0) is 19.7. The van der Waals surface area contributed by atoms with Crippen LogP contribution in [0.1, 0.15) is 28.6 Å². The molecule has 3 rings (SSSR count). The lowest BCUT2D eigenvalue weighted by Crippen LogP contribution is -2.35. The molecule has 1 aliphatic heterocycles. The fourth-order valence-electron chi connectivity index (χ4n) is 3.34. The second kappa shape index (κ2) is 7.32. The van der Waals surface area contributed by atoms with Gasteiger partial charge in [0, 0.05) is 31.2 Å². The van der Waals surface area contributed by atoms with Crippen LogP contribution in [0.3, 0.4) is 0 Å². The number of ketones is 1. The van der Waals surface area contributed by atoms with Crippen molar-refractivity contribution in [3.63, 3.8) is 0 Å². The van der Waals surface area contributed by atoms with Gasteiger partial charge in [0.1, 0.15) is 5.76 Å². The molecule has 8 heteroatoms. The number of amides is 1. The number of aromatic nitrogens is 3. The average molecular weight is 369 g/mol. The minimum Gasteiger partial charge on any atom is -0.507 e. The Bertz CT molecular complexity index is 882. The second-order valence-electron chi connectivity index (χ2n) is 6.89. The van der Waals surface area contributed by atoms with Crippen LogP contribution >= 0.6 is 0 Å². The largest absolute Gasteiger partial charge is 0.507 e. The summed E-state index contributed by atoms with van der Waals surface area (Å²) in [6.07, 6.45) is 3.24. The third-order valence-corrected chi connectivity index (χ3v) is 4.69. The number of nitrogens with one attached hydrogen (secondary N) is 1. The quantitative estimate of drug-likeness (QED) is 0.469. The van der Waals surface area contributed by atoms with Crippen LogP contribution in [-0.4, -0.2) is 69.0 Å². The normalized spacial score (nSPS) is 19.3. The summed E-state index contributed by atoms with van der Waals surface area (Å²) in [4.78, 5) is 33.1. The van der Waals surface area contributed by atoms with Crippen LogP contribution in [0.5, 0.6) is 0 Å². The number of aromatic amines is 1. The summed E-state index contributed by atoms with van der Waals surface area (Å²) in [5.41, 5.74) is 2.40. The minimum atomic E-state index is -0.694. The van der Waals surface area contributed by atoms with E-state index in [-0.39, 0.29) is 11.3 Å². The molecule has 27 heavy (non-hydrogen) atoms. The lowest BCUT2D eigenvalue weighted by atomic mass is 9.95. The molecule has 0 bridgehead atoms. The number of carbonyl (C=O) groups is 2. The van der Waals surface area contributed by atoms with Crippen LogP contribution in [0.2, 0.25) is 0 Å². The molecule has 0 spiro atoms. The molecule has 0 aromatic carbocycles. The minimum absolute atomic E-state index is 0.0688. The molecule has 8 nitrogen and oxygen atoms in total. The van der Waals surface area contributed by atoms with Crippen molar-refractivity contribution in [1.29, 1.82) is 0 Å². The number of rotatable bonds is 5. The van der Waals surface area contributed by atoms with E-state index in [2.05, 4.69) is 15.2 Å².